The molecule has 5 N–H and O–H groups in total. The molecule has 3 aromatic rings. The molecule has 41 heavy (non-hydrogen) atoms. The molecule has 2 aromatic carbocycles. The smallest absolute Gasteiger partial charge is 0.320 e. The summed E-state index contributed by atoms with van der Waals surface area (Å²) in [5.74, 6) is -3.04. The highest BCUT2D eigenvalue weighted by Crippen LogP contribution is 2.23. The summed E-state index contributed by atoms with van der Waals surface area (Å²) in [7, 11) is 1.49. The first-order valence-electron chi connectivity index (χ1n) is 13.6. The normalized spacial score (nSPS) is 15.1. The van der Waals surface area contributed by atoms with Gasteiger partial charge in [-0.25, -0.2) is 0 Å². The first-order chi connectivity index (χ1) is 19.6. The van der Waals surface area contributed by atoms with Gasteiger partial charge in [0.25, 0.3) is 11.8 Å². The van der Waals surface area contributed by atoms with Crippen molar-refractivity contribution in [1.29, 1.82) is 0 Å². The number of H-pyrrole nitrogens is 1. The topological polar surface area (TPSA) is 161 Å². The van der Waals surface area contributed by atoms with Crippen molar-refractivity contribution in [2.24, 2.45) is 5.92 Å². The number of benzene rings is 2. The Morgan fingerprint density at radius 2 is 1.54 bits per heavy atom. The third-order valence-corrected chi connectivity index (χ3v) is 7.22. The van der Waals surface area contributed by atoms with Gasteiger partial charge >= 0.3 is 5.97 Å². The lowest BCUT2D eigenvalue weighted by Gasteiger charge is -2.27. The highest BCUT2D eigenvalue weighted by Gasteiger charge is 2.36. The van der Waals surface area contributed by atoms with Gasteiger partial charge in [0.05, 0.1) is 17.2 Å². The molecule has 11 nitrogen and oxygen atoms in total. The molecule has 4 amide bonds. The standard InChI is InChI=1S/C30H35N5O6/c1-17(2)14-24(27(37)34-25(26(36)31-3)15-18-16-32-22-11-7-6-8-19(18)22)33-23(30(40)41)12-13-35-28(38)20-9-4-5-10-21(20)29(35)39/h4-11,16-17,23-25,32-33H,12-15H2,1-3H3,(H,31,36)(H,34,37)(H,40,41)/t23-,24+,25+/m1/s1. The molecule has 216 valence electrons. The van der Waals surface area contributed by atoms with Crippen LogP contribution in [0.2, 0.25) is 0 Å². The van der Waals surface area contributed by atoms with Crippen LogP contribution in [0.3, 0.4) is 0 Å². The molecule has 0 radical (unpaired) electrons. The van der Waals surface area contributed by atoms with Crippen LogP contribution in [0.15, 0.2) is 54.7 Å². The molecule has 2 heterocycles. The number of carbonyl (C=O) groups is 5. The number of nitrogens with one attached hydrogen (secondary N) is 4. The molecule has 0 unspecified atom stereocenters. The Morgan fingerprint density at radius 1 is 0.902 bits per heavy atom. The maximum absolute atomic E-state index is 13.5. The number of hydrogen-bond acceptors (Lipinski definition) is 6. The van der Waals surface area contributed by atoms with Crippen molar-refractivity contribution >= 4 is 40.5 Å². The van der Waals surface area contributed by atoms with E-state index in [1.165, 1.54) is 7.05 Å². The Balaban J connectivity index is 1.47. The molecule has 0 saturated heterocycles. The number of imide groups is 1. The first kappa shape index (κ1) is 29.5. The predicted molar refractivity (Wildman–Crippen MR) is 152 cm³/mol. The second-order valence-electron chi connectivity index (χ2n) is 10.6. The van der Waals surface area contributed by atoms with E-state index in [9.17, 15) is 29.1 Å². The number of carbonyl (C=O) groups excluding carboxylic acids is 4. The minimum Gasteiger partial charge on any atom is -0.480 e. The zero-order chi connectivity index (χ0) is 29.7. The molecule has 0 fully saturated rings. The lowest BCUT2D eigenvalue weighted by molar-refractivity contribution is -0.140. The number of amides is 4. The highest BCUT2D eigenvalue weighted by atomic mass is 16.4. The molecular weight excluding hydrogens is 526 g/mol. The van der Waals surface area contributed by atoms with E-state index < -0.39 is 41.8 Å². The van der Waals surface area contributed by atoms with Crippen LogP contribution in [0.5, 0.6) is 0 Å². The SMILES string of the molecule is CNC(=O)[C@H](Cc1c[nH]c2ccccc12)NC(=O)[C@H](CC(C)C)N[C@H](CCN1C(=O)c2ccccc2C1=O)C(=O)O. The first-order valence-corrected chi connectivity index (χ1v) is 13.6. The van der Waals surface area contributed by atoms with Crippen LogP contribution >= 0.6 is 0 Å². The average Bonchev–Trinajstić information content (AvgIpc) is 3.47. The molecule has 1 aliphatic heterocycles. The van der Waals surface area contributed by atoms with Gasteiger partial charge in [0.1, 0.15) is 12.1 Å². The van der Waals surface area contributed by atoms with Gasteiger partial charge in [-0.2, -0.15) is 0 Å². The number of nitrogens with zero attached hydrogens (tertiary/aromatic N) is 1. The number of aromatic amines is 1. The van der Waals surface area contributed by atoms with E-state index in [0.29, 0.717) is 6.42 Å². The predicted octanol–water partition coefficient (Wildman–Crippen LogP) is 2.09. The van der Waals surface area contributed by atoms with E-state index in [1.807, 2.05) is 38.1 Å². The van der Waals surface area contributed by atoms with E-state index in [1.54, 1.807) is 30.5 Å². The van der Waals surface area contributed by atoms with Gasteiger partial charge in [0.15, 0.2) is 0 Å². The molecule has 0 aliphatic carbocycles. The quantitative estimate of drug-likeness (QED) is 0.200. The number of likely N-dealkylation sites (N-methyl/N-ethyl adjacent to an activating group) is 1. The molecule has 1 aliphatic rings. The van der Waals surface area contributed by atoms with Crippen LogP contribution in [-0.2, 0) is 20.8 Å². The van der Waals surface area contributed by atoms with E-state index in [2.05, 4.69) is 20.9 Å². The monoisotopic (exact) mass is 561 g/mol. The minimum absolute atomic E-state index is 0.0241. The van der Waals surface area contributed by atoms with Crippen molar-refractivity contribution in [2.75, 3.05) is 13.6 Å². The Morgan fingerprint density at radius 3 is 2.15 bits per heavy atom. The third-order valence-electron chi connectivity index (χ3n) is 7.22. The van der Waals surface area contributed by atoms with E-state index >= 15 is 0 Å². The number of hydrogen-bond donors (Lipinski definition) is 5. The molecular formula is C30H35N5O6. The van der Waals surface area contributed by atoms with Crippen LogP contribution in [-0.4, -0.2) is 76.3 Å². The fraction of sp³-hybridized carbons (Fsp3) is 0.367. The van der Waals surface area contributed by atoms with Gasteiger partial charge in [0.2, 0.25) is 11.8 Å². The van der Waals surface area contributed by atoms with Crippen LogP contribution in [0.25, 0.3) is 10.9 Å². The van der Waals surface area contributed by atoms with Crippen LogP contribution < -0.4 is 16.0 Å². The van der Waals surface area contributed by atoms with Crippen molar-refractivity contribution in [3.63, 3.8) is 0 Å². The molecule has 3 atom stereocenters. The van der Waals surface area contributed by atoms with Crippen LogP contribution in [0.4, 0.5) is 0 Å². The average molecular weight is 562 g/mol. The van der Waals surface area contributed by atoms with E-state index in [-0.39, 0.29) is 42.3 Å². The number of carboxylic acids is 1. The summed E-state index contributed by atoms with van der Waals surface area (Å²) in [6, 6.07) is 11.0. The lowest BCUT2D eigenvalue weighted by Crippen LogP contribution is -2.56. The van der Waals surface area contributed by atoms with Gasteiger partial charge in [-0.15, -0.1) is 0 Å². The molecule has 0 bridgehead atoms. The number of para-hydroxylation sites is 1. The lowest BCUT2D eigenvalue weighted by atomic mass is 9.99. The van der Waals surface area contributed by atoms with Crippen molar-refractivity contribution in [2.45, 2.75) is 51.2 Å². The summed E-state index contributed by atoms with van der Waals surface area (Å²) >= 11 is 0. The number of rotatable bonds is 13. The molecule has 0 saturated carbocycles. The van der Waals surface area contributed by atoms with Gasteiger partial charge in [0, 0.05) is 37.1 Å². The minimum atomic E-state index is -1.22. The molecule has 1 aromatic heterocycles. The van der Waals surface area contributed by atoms with Gasteiger partial charge in [-0.1, -0.05) is 44.2 Å². The Labute approximate surface area is 237 Å². The van der Waals surface area contributed by atoms with Gasteiger partial charge in [-0.05, 0) is 42.5 Å². The van der Waals surface area contributed by atoms with Crippen molar-refractivity contribution in [3.05, 3.63) is 71.4 Å². The second kappa shape index (κ2) is 12.8. The fourth-order valence-corrected chi connectivity index (χ4v) is 5.12. The van der Waals surface area contributed by atoms with Crippen LogP contribution in [0.1, 0.15) is 53.0 Å². The molecule has 11 heteroatoms. The largest absolute Gasteiger partial charge is 0.480 e. The van der Waals surface area contributed by atoms with E-state index in [4.69, 9.17) is 0 Å². The Bertz CT molecular complexity index is 1430. The number of aromatic nitrogens is 1. The number of fused-ring (bicyclic) bond motifs is 2. The number of aliphatic carboxylic acids is 1. The summed E-state index contributed by atoms with van der Waals surface area (Å²) in [5, 5.41) is 19.2. The second-order valence-corrected chi connectivity index (χ2v) is 10.6. The maximum atomic E-state index is 13.5. The van der Waals surface area contributed by atoms with Gasteiger partial charge < -0.3 is 20.7 Å². The summed E-state index contributed by atoms with van der Waals surface area (Å²) in [6.07, 6.45) is 2.23. The summed E-state index contributed by atoms with van der Waals surface area (Å²) in [5.41, 5.74) is 2.33. The Kier molecular flexibility index (Phi) is 9.18. The molecule has 4 rings (SSSR count). The zero-order valence-corrected chi connectivity index (χ0v) is 23.3. The van der Waals surface area contributed by atoms with Gasteiger partial charge in [-0.3, -0.25) is 34.2 Å². The highest BCUT2D eigenvalue weighted by molar-refractivity contribution is 6.21. The summed E-state index contributed by atoms with van der Waals surface area (Å²) in [6.45, 7) is 3.67. The van der Waals surface area contributed by atoms with Crippen LogP contribution in [0, 0.1) is 5.92 Å². The van der Waals surface area contributed by atoms with Crippen molar-refractivity contribution in [1.82, 2.24) is 25.8 Å². The molecule has 0 spiro atoms. The van der Waals surface area contributed by atoms with E-state index in [0.717, 1.165) is 21.4 Å². The maximum Gasteiger partial charge on any atom is 0.320 e. The number of carboxylic acid groups (broad SMARTS) is 1. The fourth-order valence-electron chi connectivity index (χ4n) is 5.12. The summed E-state index contributed by atoms with van der Waals surface area (Å²) in [4.78, 5) is 68.1. The third kappa shape index (κ3) is 6.63. The summed E-state index contributed by atoms with van der Waals surface area (Å²) < 4.78 is 0. The Hall–Kier alpha value is -4.51. The van der Waals surface area contributed by atoms with Crippen molar-refractivity contribution in [3.8, 4) is 0 Å². The zero-order valence-electron chi connectivity index (χ0n) is 23.3. The van der Waals surface area contributed by atoms with Crippen molar-refractivity contribution < 1.29 is 29.1 Å².